The lowest BCUT2D eigenvalue weighted by atomic mass is 10.4. The van der Waals surface area contributed by atoms with E-state index in [1.807, 2.05) is 17.5 Å². The van der Waals surface area contributed by atoms with Gasteiger partial charge in [-0.15, -0.1) is 11.3 Å². The smallest absolute Gasteiger partial charge is 0.328 e. The Bertz CT molecular complexity index is 568. The lowest BCUT2D eigenvalue weighted by Gasteiger charge is -1.84. The van der Waals surface area contributed by atoms with Crippen molar-refractivity contribution in [1.82, 2.24) is 0 Å². The molecule has 10 nitrogen and oxygen atoms in total. The summed E-state index contributed by atoms with van der Waals surface area (Å²) in [6, 6.07) is 3.70. The maximum Gasteiger partial charge on any atom is 0.328 e. The van der Waals surface area contributed by atoms with Gasteiger partial charge in [0.05, 0.1) is 4.88 Å². The van der Waals surface area contributed by atoms with E-state index in [2.05, 4.69) is 0 Å². The van der Waals surface area contributed by atoms with E-state index in [4.69, 9.17) is 31.6 Å². The predicted molar refractivity (Wildman–Crippen MR) is 84.2 cm³/mol. The standard InChI is InChI=1S/C5H6N2S.2C4H4O4/c6-5(7)4-2-1-3-8-4;2*5-3(6)1-2-4(7)8/h1-3H,(H3,6,7);2*1-2H,(H,5,6)(H,7,8)/b;2*2-1+. The van der Waals surface area contributed by atoms with Gasteiger partial charge in [-0.2, -0.15) is 0 Å². The average Bonchev–Trinajstić information content (AvgIpc) is 2.99. The molecule has 1 heterocycles. The SMILES string of the molecule is N=C(N)c1cccs1.O=C(O)/C=C/C(=O)O.O=C(O)/C=C/C(=O)O. The van der Waals surface area contributed by atoms with Crippen LogP contribution in [0.25, 0.3) is 0 Å². The van der Waals surface area contributed by atoms with Gasteiger partial charge < -0.3 is 26.2 Å². The molecule has 1 rings (SSSR count). The highest BCUT2D eigenvalue weighted by atomic mass is 32.1. The van der Waals surface area contributed by atoms with E-state index in [1.165, 1.54) is 11.3 Å². The summed E-state index contributed by atoms with van der Waals surface area (Å²) in [7, 11) is 0. The molecule has 0 aliphatic heterocycles. The van der Waals surface area contributed by atoms with Crippen LogP contribution in [0.4, 0.5) is 0 Å². The first-order valence-corrected chi connectivity index (χ1v) is 6.60. The summed E-state index contributed by atoms with van der Waals surface area (Å²) < 4.78 is 0. The third-order valence-corrected chi connectivity index (χ3v) is 2.43. The zero-order valence-electron chi connectivity index (χ0n) is 11.9. The van der Waals surface area contributed by atoms with Crippen LogP contribution in [-0.2, 0) is 19.2 Å². The van der Waals surface area contributed by atoms with Crippen molar-refractivity contribution >= 4 is 41.0 Å². The summed E-state index contributed by atoms with van der Waals surface area (Å²) in [6.45, 7) is 0. The molecule has 0 saturated heterocycles. The van der Waals surface area contributed by atoms with Crippen molar-refractivity contribution in [1.29, 1.82) is 5.41 Å². The number of nitrogens with two attached hydrogens (primary N) is 1. The van der Waals surface area contributed by atoms with Crippen molar-refractivity contribution < 1.29 is 39.6 Å². The number of thiophene rings is 1. The molecule has 0 unspecified atom stereocenters. The second-order valence-electron chi connectivity index (χ2n) is 3.41. The van der Waals surface area contributed by atoms with Crippen molar-refractivity contribution in [3.05, 3.63) is 46.7 Å². The molecule has 7 N–H and O–H groups in total. The molecule has 0 atom stereocenters. The fraction of sp³-hybridized carbons (Fsp3) is 0. The lowest BCUT2D eigenvalue weighted by molar-refractivity contribution is -0.134. The van der Waals surface area contributed by atoms with E-state index in [0.29, 0.717) is 24.3 Å². The van der Waals surface area contributed by atoms with Crippen molar-refractivity contribution in [2.24, 2.45) is 5.73 Å². The molecule has 0 fully saturated rings. The number of nitrogens with one attached hydrogen (secondary N) is 1. The number of aliphatic carboxylic acids is 4. The van der Waals surface area contributed by atoms with E-state index >= 15 is 0 Å². The van der Waals surface area contributed by atoms with Gasteiger partial charge in [0.2, 0.25) is 0 Å². The Labute approximate surface area is 139 Å². The Kier molecular flexibility index (Phi) is 12.6. The molecule has 0 radical (unpaired) electrons. The van der Waals surface area contributed by atoms with E-state index in [-0.39, 0.29) is 5.84 Å². The molecular weight excluding hydrogens is 344 g/mol. The highest BCUT2D eigenvalue weighted by molar-refractivity contribution is 7.12. The highest BCUT2D eigenvalue weighted by Crippen LogP contribution is 2.05. The normalized spacial score (nSPS) is 9.33. The van der Waals surface area contributed by atoms with Gasteiger partial charge in [-0.25, -0.2) is 19.2 Å². The van der Waals surface area contributed by atoms with E-state index < -0.39 is 23.9 Å². The average molecular weight is 358 g/mol. The van der Waals surface area contributed by atoms with Gasteiger partial charge in [0, 0.05) is 24.3 Å². The lowest BCUT2D eigenvalue weighted by Crippen LogP contribution is -2.08. The highest BCUT2D eigenvalue weighted by Gasteiger charge is 1.92. The van der Waals surface area contributed by atoms with Crippen LogP contribution in [0.5, 0.6) is 0 Å². The van der Waals surface area contributed by atoms with E-state index in [1.54, 1.807) is 0 Å². The monoisotopic (exact) mass is 358 g/mol. The summed E-state index contributed by atoms with van der Waals surface area (Å²) in [5, 5.41) is 40.1. The molecule has 1 aromatic rings. The first-order chi connectivity index (χ1) is 11.1. The first-order valence-electron chi connectivity index (χ1n) is 5.72. The Hall–Kier alpha value is -3.47. The number of amidine groups is 1. The minimum atomic E-state index is -1.26. The van der Waals surface area contributed by atoms with Gasteiger partial charge in [-0.3, -0.25) is 5.41 Å². The summed E-state index contributed by atoms with van der Waals surface area (Å²) >= 11 is 1.48. The second kappa shape index (κ2) is 13.2. The Morgan fingerprint density at radius 2 is 1.21 bits per heavy atom. The molecule has 0 bridgehead atoms. The van der Waals surface area contributed by atoms with Gasteiger partial charge in [0.1, 0.15) is 5.84 Å². The second-order valence-corrected chi connectivity index (χ2v) is 4.36. The van der Waals surface area contributed by atoms with Gasteiger partial charge in [-0.05, 0) is 11.4 Å². The summed E-state index contributed by atoms with van der Waals surface area (Å²) in [4.78, 5) is 39.1. The number of carboxylic acids is 4. The molecule has 0 aromatic carbocycles. The van der Waals surface area contributed by atoms with Gasteiger partial charge in [0.15, 0.2) is 0 Å². The van der Waals surface area contributed by atoms with Crippen molar-refractivity contribution in [2.45, 2.75) is 0 Å². The molecule has 130 valence electrons. The Morgan fingerprint density at radius 1 is 0.875 bits per heavy atom. The fourth-order valence-electron chi connectivity index (χ4n) is 0.717. The zero-order chi connectivity index (χ0) is 19.1. The number of carbonyl (C=O) groups is 4. The predicted octanol–water partition coefficient (Wildman–Crippen LogP) is 0.456. The summed E-state index contributed by atoms with van der Waals surface area (Å²) in [6.07, 6.45) is 2.23. The van der Waals surface area contributed by atoms with Crippen LogP contribution in [0.1, 0.15) is 4.88 Å². The van der Waals surface area contributed by atoms with Crippen LogP contribution < -0.4 is 5.73 Å². The molecule has 0 amide bonds. The Morgan fingerprint density at radius 3 is 1.33 bits per heavy atom. The molecule has 11 heteroatoms. The topological polar surface area (TPSA) is 199 Å². The van der Waals surface area contributed by atoms with Crippen LogP contribution in [0.3, 0.4) is 0 Å². The number of carboxylic acid groups (broad SMARTS) is 4. The largest absolute Gasteiger partial charge is 0.478 e. The van der Waals surface area contributed by atoms with Gasteiger partial charge in [0.25, 0.3) is 0 Å². The van der Waals surface area contributed by atoms with Crippen molar-refractivity contribution in [3.63, 3.8) is 0 Å². The number of nitrogen functional groups attached to an aromatic ring is 1. The molecule has 0 spiro atoms. The first kappa shape index (κ1) is 22.8. The Balaban J connectivity index is 0. The number of hydrogen-bond acceptors (Lipinski definition) is 6. The van der Waals surface area contributed by atoms with Crippen molar-refractivity contribution in [3.8, 4) is 0 Å². The number of hydrogen-bond donors (Lipinski definition) is 6. The minimum absolute atomic E-state index is 0.153. The van der Waals surface area contributed by atoms with E-state index in [0.717, 1.165) is 4.88 Å². The molecule has 0 aliphatic rings. The molecule has 1 aromatic heterocycles. The maximum absolute atomic E-state index is 9.55. The fourth-order valence-corrected chi connectivity index (χ4v) is 1.30. The van der Waals surface area contributed by atoms with Crippen LogP contribution in [-0.4, -0.2) is 50.1 Å². The van der Waals surface area contributed by atoms with Crippen LogP contribution >= 0.6 is 11.3 Å². The summed E-state index contributed by atoms with van der Waals surface area (Å²) in [5.41, 5.74) is 5.15. The van der Waals surface area contributed by atoms with Crippen LogP contribution in [0.15, 0.2) is 41.8 Å². The van der Waals surface area contributed by atoms with Gasteiger partial charge >= 0.3 is 23.9 Å². The molecule has 24 heavy (non-hydrogen) atoms. The quantitative estimate of drug-likeness (QED) is 0.246. The zero-order valence-corrected chi connectivity index (χ0v) is 12.8. The van der Waals surface area contributed by atoms with Crippen molar-refractivity contribution in [2.75, 3.05) is 0 Å². The summed E-state index contributed by atoms with van der Waals surface area (Å²) in [5.74, 6) is -4.88. The number of rotatable bonds is 5. The maximum atomic E-state index is 9.55. The van der Waals surface area contributed by atoms with Crippen LogP contribution in [0, 0.1) is 5.41 Å². The molecular formula is C13H14N2O8S. The molecule has 0 aliphatic carbocycles. The van der Waals surface area contributed by atoms with Crippen LogP contribution in [0.2, 0.25) is 0 Å². The van der Waals surface area contributed by atoms with Gasteiger partial charge in [-0.1, -0.05) is 6.07 Å². The minimum Gasteiger partial charge on any atom is -0.478 e. The third kappa shape index (κ3) is 18.5. The molecule has 0 saturated carbocycles. The van der Waals surface area contributed by atoms with E-state index in [9.17, 15) is 19.2 Å². The third-order valence-electron chi connectivity index (χ3n) is 1.52.